The Balaban J connectivity index is 1.37. The summed E-state index contributed by atoms with van der Waals surface area (Å²) in [6.45, 7) is 1.68. The third-order valence-electron chi connectivity index (χ3n) is 7.86. The van der Waals surface area contributed by atoms with Crippen molar-refractivity contribution in [2.75, 3.05) is 26.2 Å². The number of benzene rings is 2. The number of hydrogen-bond donors (Lipinski definition) is 1. The first kappa shape index (κ1) is 24.5. The molecule has 0 bridgehead atoms. The molecule has 2 aromatic carbocycles. The molecule has 1 N–H and O–H groups in total. The summed E-state index contributed by atoms with van der Waals surface area (Å²) in [6, 6.07) is 13.3. The molecule has 7 heteroatoms. The van der Waals surface area contributed by atoms with E-state index >= 15 is 0 Å². The van der Waals surface area contributed by atoms with Gasteiger partial charge in [0.1, 0.15) is 5.82 Å². The molecule has 1 saturated carbocycles. The minimum atomic E-state index is -3.73. The summed E-state index contributed by atoms with van der Waals surface area (Å²) in [6.07, 6.45) is 6.55. The quantitative estimate of drug-likeness (QED) is 0.651. The summed E-state index contributed by atoms with van der Waals surface area (Å²) >= 11 is 0. The Kier molecular flexibility index (Phi) is 7.26. The van der Waals surface area contributed by atoms with Gasteiger partial charge in [-0.1, -0.05) is 36.8 Å². The third-order valence-corrected chi connectivity index (χ3v) is 9.73. The lowest BCUT2D eigenvalue weighted by Gasteiger charge is -2.57. The van der Waals surface area contributed by atoms with Crippen molar-refractivity contribution in [3.05, 3.63) is 65.5 Å². The summed E-state index contributed by atoms with van der Waals surface area (Å²) in [5.74, 6) is 6.81. The van der Waals surface area contributed by atoms with Gasteiger partial charge in [0.2, 0.25) is 10.0 Å². The lowest BCUT2D eigenvalue weighted by atomic mass is 9.74. The average Bonchev–Trinajstić information content (AvgIpc) is 3.36. The third kappa shape index (κ3) is 5.03. The van der Waals surface area contributed by atoms with E-state index in [-0.39, 0.29) is 29.5 Å². The van der Waals surface area contributed by atoms with E-state index in [4.69, 9.17) is 0 Å². The van der Waals surface area contributed by atoms with Gasteiger partial charge in [0.05, 0.1) is 11.5 Å². The predicted molar refractivity (Wildman–Crippen MR) is 134 cm³/mol. The SMILES string of the molecule is O=S(=O)(c1ccc(F)cc1)N1CCCCN2[C@H](CO)[C@@H](c3ccc(C#CC4CCCC4)cc3)[C@@H]2C1. The number of fused-ring (bicyclic) bond motifs is 1. The number of aliphatic hydroxyl groups excluding tert-OH is 1. The first-order valence-electron chi connectivity index (χ1n) is 12.7. The topological polar surface area (TPSA) is 60.9 Å². The number of halogens is 1. The van der Waals surface area contributed by atoms with Gasteiger partial charge in [0.25, 0.3) is 0 Å². The van der Waals surface area contributed by atoms with Crippen LogP contribution in [-0.4, -0.2) is 61.1 Å². The molecule has 2 heterocycles. The molecule has 0 unspecified atom stereocenters. The molecule has 2 aliphatic heterocycles. The monoisotopic (exact) mass is 496 g/mol. The van der Waals surface area contributed by atoms with E-state index in [1.807, 2.05) is 12.1 Å². The molecule has 5 rings (SSSR count). The van der Waals surface area contributed by atoms with Crippen molar-refractivity contribution < 1.29 is 17.9 Å². The molecule has 0 aromatic heterocycles. The molecule has 0 spiro atoms. The highest BCUT2D eigenvalue weighted by Gasteiger charge is 2.50. The number of hydrogen-bond acceptors (Lipinski definition) is 4. The van der Waals surface area contributed by atoms with Gasteiger partial charge >= 0.3 is 0 Å². The number of aliphatic hydroxyl groups is 1. The van der Waals surface area contributed by atoms with Crippen molar-refractivity contribution in [2.24, 2.45) is 5.92 Å². The van der Waals surface area contributed by atoms with Gasteiger partial charge in [-0.3, -0.25) is 4.90 Å². The van der Waals surface area contributed by atoms with Crippen LogP contribution in [0.3, 0.4) is 0 Å². The second-order valence-electron chi connectivity index (χ2n) is 9.98. The minimum Gasteiger partial charge on any atom is -0.395 e. The van der Waals surface area contributed by atoms with Crippen LogP contribution in [0.15, 0.2) is 53.4 Å². The van der Waals surface area contributed by atoms with E-state index < -0.39 is 15.8 Å². The Bertz CT molecular complexity index is 1180. The smallest absolute Gasteiger partial charge is 0.243 e. The summed E-state index contributed by atoms with van der Waals surface area (Å²) in [4.78, 5) is 2.37. The van der Waals surface area contributed by atoms with Crippen molar-refractivity contribution in [1.29, 1.82) is 0 Å². The van der Waals surface area contributed by atoms with E-state index in [2.05, 4.69) is 28.9 Å². The van der Waals surface area contributed by atoms with Gasteiger partial charge in [-0.15, -0.1) is 0 Å². The van der Waals surface area contributed by atoms with Crippen molar-refractivity contribution in [3.8, 4) is 11.8 Å². The van der Waals surface area contributed by atoms with Crippen molar-refractivity contribution in [3.63, 3.8) is 0 Å². The summed E-state index contributed by atoms with van der Waals surface area (Å²) < 4.78 is 41.7. The summed E-state index contributed by atoms with van der Waals surface area (Å²) in [5.41, 5.74) is 2.10. The van der Waals surface area contributed by atoms with Crippen LogP contribution >= 0.6 is 0 Å². The van der Waals surface area contributed by atoms with Crippen LogP contribution in [-0.2, 0) is 10.0 Å². The minimum absolute atomic E-state index is 0.0157. The van der Waals surface area contributed by atoms with Gasteiger partial charge in [-0.25, -0.2) is 12.8 Å². The first-order valence-corrected chi connectivity index (χ1v) is 14.2. The molecule has 5 nitrogen and oxygen atoms in total. The molecule has 1 aliphatic carbocycles. The maximum absolute atomic E-state index is 13.4. The molecular weight excluding hydrogens is 463 g/mol. The first-order chi connectivity index (χ1) is 17.0. The fraction of sp³-hybridized carbons (Fsp3) is 0.500. The van der Waals surface area contributed by atoms with Crippen LogP contribution < -0.4 is 0 Å². The maximum Gasteiger partial charge on any atom is 0.243 e. The van der Waals surface area contributed by atoms with Crippen molar-refractivity contribution in [1.82, 2.24) is 9.21 Å². The van der Waals surface area contributed by atoms with Crippen LogP contribution in [0.2, 0.25) is 0 Å². The fourth-order valence-electron chi connectivity index (χ4n) is 5.93. The molecule has 2 saturated heterocycles. The highest BCUT2D eigenvalue weighted by molar-refractivity contribution is 7.89. The largest absolute Gasteiger partial charge is 0.395 e. The molecule has 3 aliphatic rings. The standard InChI is InChI=1S/C28H33FN2O3S/c29-24-13-15-25(16-14-24)35(33,34)30-17-3-4-18-31-26(19-30)28(27(31)20-32)23-11-9-22(10-12-23)8-7-21-5-1-2-6-21/h9-16,21,26-28,32H,1-6,17-20H2/t26-,27+,28-/m0/s1. The Labute approximate surface area is 208 Å². The lowest BCUT2D eigenvalue weighted by Crippen LogP contribution is -2.67. The zero-order valence-corrected chi connectivity index (χ0v) is 20.8. The number of sulfonamides is 1. The summed E-state index contributed by atoms with van der Waals surface area (Å²) in [5, 5.41) is 10.2. The molecule has 186 valence electrons. The number of nitrogens with zero attached hydrogens (tertiary/aromatic N) is 2. The van der Waals surface area contributed by atoms with Crippen molar-refractivity contribution >= 4 is 10.0 Å². The molecule has 3 fully saturated rings. The zero-order valence-electron chi connectivity index (χ0n) is 19.9. The Morgan fingerprint density at radius 3 is 2.31 bits per heavy atom. The molecule has 3 atom stereocenters. The second-order valence-corrected chi connectivity index (χ2v) is 11.9. The molecular formula is C28H33FN2O3S. The normalized spacial score (nSPS) is 26.2. The van der Waals surface area contributed by atoms with Crippen LogP contribution in [0.1, 0.15) is 55.6 Å². The zero-order chi connectivity index (χ0) is 24.4. The van der Waals surface area contributed by atoms with E-state index in [1.54, 1.807) is 4.31 Å². The average molecular weight is 497 g/mol. The van der Waals surface area contributed by atoms with E-state index in [9.17, 15) is 17.9 Å². The van der Waals surface area contributed by atoms with Crippen LogP contribution in [0.25, 0.3) is 0 Å². The lowest BCUT2D eigenvalue weighted by molar-refractivity contribution is -0.0553. The Hall–Kier alpha value is -2.24. The Morgan fingerprint density at radius 2 is 1.63 bits per heavy atom. The molecule has 2 aromatic rings. The van der Waals surface area contributed by atoms with Crippen LogP contribution in [0.5, 0.6) is 0 Å². The van der Waals surface area contributed by atoms with Gasteiger partial charge in [0, 0.05) is 42.6 Å². The second kappa shape index (κ2) is 10.4. The highest BCUT2D eigenvalue weighted by atomic mass is 32.2. The fourth-order valence-corrected chi connectivity index (χ4v) is 7.42. The van der Waals surface area contributed by atoms with Gasteiger partial charge in [0.15, 0.2) is 0 Å². The van der Waals surface area contributed by atoms with Crippen LogP contribution in [0, 0.1) is 23.6 Å². The molecule has 35 heavy (non-hydrogen) atoms. The Morgan fingerprint density at radius 1 is 0.943 bits per heavy atom. The van der Waals surface area contributed by atoms with Gasteiger partial charge in [-0.05, 0) is 74.2 Å². The van der Waals surface area contributed by atoms with Crippen molar-refractivity contribution in [2.45, 2.75) is 61.4 Å². The van der Waals surface area contributed by atoms with E-state index in [0.717, 1.165) is 30.5 Å². The number of rotatable bonds is 4. The van der Waals surface area contributed by atoms with Gasteiger partial charge in [-0.2, -0.15) is 4.31 Å². The van der Waals surface area contributed by atoms with Gasteiger partial charge < -0.3 is 5.11 Å². The molecule has 0 radical (unpaired) electrons. The molecule has 0 amide bonds. The predicted octanol–water partition coefficient (Wildman–Crippen LogP) is 3.98. The van der Waals surface area contributed by atoms with E-state index in [1.165, 1.54) is 49.9 Å². The maximum atomic E-state index is 13.4. The summed E-state index contributed by atoms with van der Waals surface area (Å²) in [7, 11) is -3.73. The highest BCUT2D eigenvalue weighted by Crippen LogP contribution is 2.42. The van der Waals surface area contributed by atoms with E-state index in [0.29, 0.717) is 19.0 Å². The van der Waals surface area contributed by atoms with Crippen LogP contribution in [0.4, 0.5) is 4.39 Å².